The zero-order valence-electron chi connectivity index (χ0n) is 12.5. The molecule has 0 unspecified atom stereocenters. The van der Waals surface area contributed by atoms with Crippen molar-refractivity contribution in [1.82, 2.24) is 19.6 Å². The maximum atomic E-state index is 12.2. The van der Waals surface area contributed by atoms with Gasteiger partial charge in [0.05, 0.1) is 18.3 Å². The fourth-order valence-corrected chi connectivity index (χ4v) is 3.10. The van der Waals surface area contributed by atoms with Gasteiger partial charge in [0.25, 0.3) is 11.8 Å². The molecule has 0 radical (unpaired) electrons. The number of hydrogen-bond donors (Lipinski definition) is 1. The van der Waals surface area contributed by atoms with Gasteiger partial charge in [0.1, 0.15) is 9.75 Å². The van der Waals surface area contributed by atoms with E-state index in [2.05, 4.69) is 14.7 Å². The molecule has 2 aromatic rings. The number of nitrogens with one attached hydrogen (secondary N) is 1. The predicted molar refractivity (Wildman–Crippen MR) is 84.8 cm³/mol. The van der Waals surface area contributed by atoms with Crippen LogP contribution in [0.15, 0.2) is 11.6 Å². The second kappa shape index (κ2) is 7.32. The van der Waals surface area contributed by atoms with Crippen molar-refractivity contribution in [3.05, 3.63) is 27.0 Å². The van der Waals surface area contributed by atoms with Gasteiger partial charge in [-0.3, -0.25) is 9.59 Å². The molecule has 0 aliphatic carbocycles. The molecular weight excluding hydrogens is 324 g/mol. The number of methoxy groups -OCH3 is 1. The fourth-order valence-electron chi connectivity index (χ4n) is 1.68. The van der Waals surface area contributed by atoms with Gasteiger partial charge >= 0.3 is 0 Å². The summed E-state index contributed by atoms with van der Waals surface area (Å²) in [7, 11) is 3.18. The van der Waals surface area contributed by atoms with Crippen LogP contribution in [-0.2, 0) is 0 Å². The largest absolute Gasteiger partial charge is 0.480 e. The van der Waals surface area contributed by atoms with Crippen molar-refractivity contribution in [1.29, 1.82) is 0 Å². The van der Waals surface area contributed by atoms with Gasteiger partial charge in [-0.05, 0) is 18.5 Å². The van der Waals surface area contributed by atoms with E-state index in [0.717, 1.165) is 11.5 Å². The lowest BCUT2D eigenvalue weighted by Crippen LogP contribution is -2.35. The van der Waals surface area contributed by atoms with Gasteiger partial charge in [0, 0.05) is 26.2 Å². The molecule has 22 heavy (non-hydrogen) atoms. The molecule has 2 amide bonds. The summed E-state index contributed by atoms with van der Waals surface area (Å²) in [4.78, 5) is 30.7. The van der Waals surface area contributed by atoms with Crippen LogP contribution in [0, 0.1) is 6.92 Å². The molecule has 0 aliphatic heterocycles. The van der Waals surface area contributed by atoms with Gasteiger partial charge in [0.2, 0.25) is 5.88 Å². The van der Waals surface area contributed by atoms with E-state index in [1.807, 2.05) is 0 Å². The Kier molecular flexibility index (Phi) is 5.45. The minimum Gasteiger partial charge on any atom is -0.480 e. The summed E-state index contributed by atoms with van der Waals surface area (Å²) >= 11 is 2.39. The molecule has 9 heteroatoms. The van der Waals surface area contributed by atoms with Gasteiger partial charge in [-0.15, -0.1) is 11.3 Å². The number of ether oxygens (including phenoxy) is 1. The van der Waals surface area contributed by atoms with Gasteiger partial charge < -0.3 is 15.0 Å². The molecule has 0 fully saturated rings. The first-order chi connectivity index (χ1) is 10.5. The highest BCUT2D eigenvalue weighted by Gasteiger charge is 2.16. The van der Waals surface area contributed by atoms with Crippen LogP contribution in [0.3, 0.4) is 0 Å². The lowest BCUT2D eigenvalue weighted by Gasteiger charge is -2.16. The van der Waals surface area contributed by atoms with Gasteiger partial charge in [-0.1, -0.05) is 0 Å². The molecular formula is C13H16N4O3S2. The third-order valence-electron chi connectivity index (χ3n) is 2.94. The molecule has 1 N–H and O–H groups in total. The first-order valence-corrected chi connectivity index (χ1v) is 8.12. The molecule has 0 bridgehead atoms. The standard InChI is InChI=1S/C13H16N4O3S2/c1-8-11(21-7-15-8)12(18)14-4-5-17(2)13(19)9-6-10(20-3)16-22-9/h6-7H,4-5H2,1-3H3,(H,14,18). The van der Waals surface area contributed by atoms with E-state index < -0.39 is 0 Å². The summed E-state index contributed by atoms with van der Waals surface area (Å²) in [5.74, 6) is 0.111. The Balaban J connectivity index is 1.82. The Morgan fingerprint density at radius 1 is 1.45 bits per heavy atom. The van der Waals surface area contributed by atoms with Crippen molar-refractivity contribution in [2.24, 2.45) is 0 Å². The molecule has 2 heterocycles. The van der Waals surface area contributed by atoms with Crippen LogP contribution in [0.4, 0.5) is 0 Å². The van der Waals surface area contributed by atoms with E-state index in [0.29, 0.717) is 34.4 Å². The van der Waals surface area contributed by atoms with Crippen molar-refractivity contribution < 1.29 is 14.3 Å². The topological polar surface area (TPSA) is 84.4 Å². The molecule has 0 aromatic carbocycles. The lowest BCUT2D eigenvalue weighted by molar-refractivity contribution is 0.0791. The van der Waals surface area contributed by atoms with Gasteiger partial charge in [-0.25, -0.2) is 4.98 Å². The molecule has 0 aliphatic rings. The average molecular weight is 340 g/mol. The predicted octanol–water partition coefficient (Wildman–Crippen LogP) is 1.42. The molecule has 118 valence electrons. The van der Waals surface area contributed by atoms with Crippen molar-refractivity contribution in [3.8, 4) is 5.88 Å². The van der Waals surface area contributed by atoms with Crippen LogP contribution >= 0.6 is 22.9 Å². The first kappa shape index (κ1) is 16.4. The number of nitrogens with zero attached hydrogens (tertiary/aromatic N) is 3. The summed E-state index contributed by atoms with van der Waals surface area (Å²) in [6, 6.07) is 1.60. The monoisotopic (exact) mass is 340 g/mol. The highest BCUT2D eigenvalue weighted by atomic mass is 32.1. The van der Waals surface area contributed by atoms with Crippen LogP contribution in [0.25, 0.3) is 0 Å². The van der Waals surface area contributed by atoms with E-state index in [9.17, 15) is 9.59 Å². The Bertz CT molecular complexity index is 668. The molecule has 2 rings (SSSR count). The summed E-state index contributed by atoms with van der Waals surface area (Å²) in [5, 5.41) is 2.78. The van der Waals surface area contributed by atoms with Crippen molar-refractivity contribution >= 4 is 34.7 Å². The molecule has 0 saturated heterocycles. The number of thiazole rings is 1. The Labute approximate surface area is 136 Å². The quantitative estimate of drug-likeness (QED) is 0.860. The van der Waals surface area contributed by atoms with E-state index in [1.165, 1.54) is 23.3 Å². The number of amides is 2. The van der Waals surface area contributed by atoms with Gasteiger partial charge in [0.15, 0.2) is 0 Å². The SMILES string of the molecule is COc1cc(C(=O)N(C)CCNC(=O)c2scnc2C)sn1. The number of aromatic nitrogens is 2. The lowest BCUT2D eigenvalue weighted by atomic mass is 10.3. The minimum absolute atomic E-state index is 0.149. The van der Waals surface area contributed by atoms with E-state index in [1.54, 1.807) is 25.5 Å². The van der Waals surface area contributed by atoms with E-state index in [4.69, 9.17) is 4.74 Å². The average Bonchev–Trinajstić information content (AvgIpc) is 3.14. The highest BCUT2D eigenvalue weighted by Crippen LogP contribution is 2.17. The van der Waals surface area contributed by atoms with Crippen LogP contribution in [-0.4, -0.2) is 53.3 Å². The highest BCUT2D eigenvalue weighted by molar-refractivity contribution is 7.11. The van der Waals surface area contributed by atoms with E-state index in [-0.39, 0.29) is 11.8 Å². The zero-order valence-corrected chi connectivity index (χ0v) is 14.1. The minimum atomic E-state index is -0.166. The molecule has 0 saturated carbocycles. The molecule has 0 atom stereocenters. The van der Waals surface area contributed by atoms with Crippen LogP contribution < -0.4 is 10.1 Å². The third-order valence-corrected chi connectivity index (χ3v) is 4.63. The maximum absolute atomic E-state index is 12.2. The third kappa shape index (κ3) is 3.80. The summed E-state index contributed by atoms with van der Waals surface area (Å²) in [5.41, 5.74) is 2.35. The number of rotatable bonds is 6. The summed E-state index contributed by atoms with van der Waals surface area (Å²) in [6.07, 6.45) is 0. The smallest absolute Gasteiger partial charge is 0.265 e. The maximum Gasteiger partial charge on any atom is 0.265 e. The number of likely N-dealkylation sites (N-methyl/N-ethyl adjacent to an activating group) is 1. The van der Waals surface area contributed by atoms with Crippen LogP contribution in [0.1, 0.15) is 25.0 Å². The van der Waals surface area contributed by atoms with Crippen molar-refractivity contribution in [2.45, 2.75) is 6.92 Å². The number of hydrogen-bond acceptors (Lipinski definition) is 7. The first-order valence-electron chi connectivity index (χ1n) is 6.47. The summed E-state index contributed by atoms with van der Waals surface area (Å²) in [6.45, 7) is 2.56. The Hall–Kier alpha value is -2.00. The zero-order chi connectivity index (χ0) is 16.1. The van der Waals surface area contributed by atoms with Crippen LogP contribution in [0.2, 0.25) is 0 Å². The Morgan fingerprint density at radius 3 is 2.82 bits per heavy atom. The molecule has 7 nitrogen and oxygen atoms in total. The number of carbonyl (C=O) groups is 2. The fraction of sp³-hybridized carbons (Fsp3) is 0.385. The second-order valence-electron chi connectivity index (χ2n) is 4.48. The van der Waals surface area contributed by atoms with Crippen LogP contribution in [0.5, 0.6) is 5.88 Å². The summed E-state index contributed by atoms with van der Waals surface area (Å²) < 4.78 is 8.94. The molecule has 0 spiro atoms. The van der Waals surface area contributed by atoms with Crippen molar-refractivity contribution in [2.75, 3.05) is 27.2 Å². The van der Waals surface area contributed by atoms with Crippen molar-refractivity contribution in [3.63, 3.8) is 0 Å². The van der Waals surface area contributed by atoms with Gasteiger partial charge in [-0.2, -0.15) is 4.37 Å². The van der Waals surface area contributed by atoms with E-state index >= 15 is 0 Å². The second-order valence-corrected chi connectivity index (χ2v) is 6.14. The normalized spacial score (nSPS) is 10.3. The molecule has 2 aromatic heterocycles. The Morgan fingerprint density at radius 2 is 2.23 bits per heavy atom. The number of carbonyl (C=O) groups excluding carboxylic acids is 2. The number of aryl methyl sites for hydroxylation is 1.